The van der Waals surface area contributed by atoms with Gasteiger partial charge in [0.1, 0.15) is 5.75 Å². The van der Waals surface area contributed by atoms with Gasteiger partial charge in [0.25, 0.3) is 5.91 Å². The molecule has 0 aromatic heterocycles. The molecule has 1 aromatic rings. The third-order valence-electron chi connectivity index (χ3n) is 3.85. The summed E-state index contributed by atoms with van der Waals surface area (Å²) in [5.74, 6) is 0.160. The molecular formula is C16H22N2O6S. The smallest absolute Gasteiger partial charge is 0.434 e. The minimum atomic E-state index is -3.22. The van der Waals surface area contributed by atoms with Crippen molar-refractivity contribution in [3.8, 4) is 5.75 Å². The molecule has 2 rings (SSSR count). The molecule has 0 atom stereocenters. The molecule has 1 aliphatic rings. The predicted octanol–water partition coefficient (Wildman–Crippen LogP) is 1.33. The second kappa shape index (κ2) is 8.30. The molecule has 0 saturated carbocycles. The van der Waals surface area contributed by atoms with Gasteiger partial charge in [0.15, 0.2) is 0 Å². The molecule has 8 nitrogen and oxygen atoms in total. The maximum atomic E-state index is 12.5. The van der Waals surface area contributed by atoms with Crippen LogP contribution in [0.5, 0.6) is 5.75 Å². The van der Waals surface area contributed by atoms with E-state index in [4.69, 9.17) is 4.74 Å². The number of nitrogens with zero attached hydrogens (tertiary/aromatic N) is 2. The Kier molecular flexibility index (Phi) is 6.38. The molecule has 0 N–H and O–H groups in total. The number of ether oxygens (including phenoxy) is 2. The second-order valence-electron chi connectivity index (χ2n) is 5.40. The molecule has 0 radical (unpaired) electrons. The normalized spacial score (nSPS) is 15.7. The average Bonchev–Trinajstić information content (AvgIpc) is 2.62. The Morgan fingerprint density at radius 1 is 1.04 bits per heavy atom. The maximum absolute atomic E-state index is 12.5. The lowest BCUT2D eigenvalue weighted by atomic mass is 10.2. The van der Waals surface area contributed by atoms with Gasteiger partial charge in [0.05, 0.1) is 12.4 Å². The van der Waals surface area contributed by atoms with Crippen molar-refractivity contribution in [3.63, 3.8) is 0 Å². The monoisotopic (exact) mass is 370 g/mol. The summed E-state index contributed by atoms with van der Waals surface area (Å²) in [4.78, 5) is 25.3. The highest BCUT2D eigenvalue weighted by molar-refractivity contribution is 7.89. The van der Waals surface area contributed by atoms with E-state index in [1.54, 1.807) is 30.9 Å². The molecule has 1 aromatic carbocycles. The highest BCUT2D eigenvalue weighted by Gasteiger charge is 2.28. The van der Waals surface area contributed by atoms with Crippen LogP contribution in [0.15, 0.2) is 24.3 Å². The standard InChI is InChI=1S/C16H22N2O6S/c1-3-23-16(20)24-14-7-5-13(6-8-14)15(19)17-9-11-18(12-10-17)25(21,22)4-2/h5-8H,3-4,9-12H2,1-2H3. The van der Waals surface area contributed by atoms with Crippen LogP contribution in [0, 0.1) is 0 Å². The zero-order valence-electron chi connectivity index (χ0n) is 14.3. The van der Waals surface area contributed by atoms with E-state index in [0.717, 1.165) is 0 Å². The zero-order chi connectivity index (χ0) is 18.4. The molecule has 25 heavy (non-hydrogen) atoms. The van der Waals surface area contributed by atoms with Crippen LogP contribution in [-0.2, 0) is 14.8 Å². The summed E-state index contributed by atoms with van der Waals surface area (Å²) in [7, 11) is -3.22. The summed E-state index contributed by atoms with van der Waals surface area (Å²) in [5.41, 5.74) is 0.447. The largest absolute Gasteiger partial charge is 0.513 e. The van der Waals surface area contributed by atoms with Gasteiger partial charge in [-0.2, -0.15) is 4.31 Å². The van der Waals surface area contributed by atoms with E-state index in [0.29, 0.717) is 31.7 Å². The number of carbonyl (C=O) groups is 2. The number of piperazine rings is 1. The fourth-order valence-corrected chi connectivity index (χ4v) is 3.53. The minimum Gasteiger partial charge on any atom is -0.434 e. The highest BCUT2D eigenvalue weighted by Crippen LogP contribution is 2.16. The highest BCUT2D eigenvalue weighted by atomic mass is 32.2. The SMILES string of the molecule is CCOC(=O)Oc1ccc(C(=O)N2CCN(S(=O)(=O)CC)CC2)cc1. The molecule has 1 aliphatic heterocycles. The topological polar surface area (TPSA) is 93.2 Å². The molecule has 1 saturated heterocycles. The number of hydrogen-bond acceptors (Lipinski definition) is 6. The number of amides is 1. The average molecular weight is 370 g/mol. The lowest BCUT2D eigenvalue weighted by Gasteiger charge is -2.33. The van der Waals surface area contributed by atoms with Crippen molar-refractivity contribution in [3.05, 3.63) is 29.8 Å². The molecule has 0 aliphatic carbocycles. The summed E-state index contributed by atoms with van der Waals surface area (Å²) in [6.07, 6.45) is -0.796. The third kappa shape index (κ3) is 4.93. The lowest BCUT2D eigenvalue weighted by Crippen LogP contribution is -2.50. The van der Waals surface area contributed by atoms with Gasteiger partial charge in [0, 0.05) is 31.7 Å². The van der Waals surface area contributed by atoms with Crippen molar-refractivity contribution in [1.29, 1.82) is 0 Å². The van der Waals surface area contributed by atoms with Crippen LogP contribution in [0.1, 0.15) is 24.2 Å². The fraction of sp³-hybridized carbons (Fsp3) is 0.500. The van der Waals surface area contributed by atoms with Gasteiger partial charge in [-0.1, -0.05) is 0 Å². The van der Waals surface area contributed by atoms with Gasteiger partial charge in [-0.15, -0.1) is 0 Å². The Morgan fingerprint density at radius 2 is 1.64 bits per heavy atom. The van der Waals surface area contributed by atoms with Crippen molar-refractivity contribution in [2.45, 2.75) is 13.8 Å². The number of sulfonamides is 1. The van der Waals surface area contributed by atoms with Gasteiger partial charge in [-0.25, -0.2) is 13.2 Å². The van der Waals surface area contributed by atoms with Crippen LogP contribution < -0.4 is 4.74 Å². The van der Waals surface area contributed by atoms with Crippen LogP contribution in [0.2, 0.25) is 0 Å². The number of benzene rings is 1. The Labute approximate surface area is 147 Å². The first-order valence-corrected chi connectivity index (χ1v) is 9.70. The number of hydrogen-bond donors (Lipinski definition) is 0. The van der Waals surface area contributed by atoms with Crippen LogP contribution in [0.4, 0.5) is 4.79 Å². The van der Waals surface area contributed by atoms with E-state index in [-0.39, 0.29) is 24.0 Å². The van der Waals surface area contributed by atoms with Crippen molar-refractivity contribution in [1.82, 2.24) is 9.21 Å². The second-order valence-corrected chi connectivity index (χ2v) is 7.66. The van der Waals surface area contributed by atoms with Gasteiger partial charge in [-0.05, 0) is 38.1 Å². The number of carbonyl (C=O) groups excluding carboxylic acids is 2. The Hall–Kier alpha value is -2.13. The van der Waals surface area contributed by atoms with E-state index in [1.165, 1.54) is 16.4 Å². The van der Waals surface area contributed by atoms with Crippen LogP contribution >= 0.6 is 0 Å². The lowest BCUT2D eigenvalue weighted by molar-refractivity contribution is 0.0698. The van der Waals surface area contributed by atoms with Crippen molar-refractivity contribution in [2.75, 3.05) is 38.5 Å². The number of rotatable bonds is 5. The summed E-state index contributed by atoms with van der Waals surface area (Å²) >= 11 is 0. The molecule has 1 amide bonds. The van der Waals surface area contributed by atoms with Crippen molar-refractivity contribution in [2.24, 2.45) is 0 Å². The summed E-state index contributed by atoms with van der Waals surface area (Å²) in [5, 5.41) is 0. The first-order chi connectivity index (χ1) is 11.9. The molecular weight excluding hydrogens is 348 g/mol. The molecule has 0 spiro atoms. The quantitative estimate of drug-likeness (QED) is 0.573. The van der Waals surface area contributed by atoms with E-state index in [9.17, 15) is 18.0 Å². The van der Waals surface area contributed by atoms with Gasteiger partial charge >= 0.3 is 6.16 Å². The summed E-state index contributed by atoms with van der Waals surface area (Å²) in [6.45, 7) is 4.78. The zero-order valence-corrected chi connectivity index (χ0v) is 15.1. The van der Waals surface area contributed by atoms with Gasteiger partial charge in [0.2, 0.25) is 10.0 Å². The van der Waals surface area contributed by atoms with Crippen LogP contribution in [0.3, 0.4) is 0 Å². The van der Waals surface area contributed by atoms with Crippen LogP contribution in [0.25, 0.3) is 0 Å². The van der Waals surface area contributed by atoms with Gasteiger partial charge < -0.3 is 14.4 Å². The molecule has 0 unspecified atom stereocenters. The predicted molar refractivity (Wildman–Crippen MR) is 91.0 cm³/mol. The molecule has 1 fully saturated rings. The molecule has 9 heteroatoms. The minimum absolute atomic E-state index is 0.0584. The Balaban J connectivity index is 1.94. The fourth-order valence-electron chi connectivity index (χ4n) is 2.44. The Bertz CT molecular complexity index is 709. The Morgan fingerprint density at radius 3 is 2.16 bits per heavy atom. The van der Waals surface area contributed by atoms with E-state index < -0.39 is 16.2 Å². The summed E-state index contributed by atoms with van der Waals surface area (Å²) < 4.78 is 34.7. The summed E-state index contributed by atoms with van der Waals surface area (Å²) in [6, 6.07) is 6.15. The third-order valence-corrected chi connectivity index (χ3v) is 5.73. The van der Waals surface area contributed by atoms with E-state index in [1.807, 2.05) is 0 Å². The van der Waals surface area contributed by atoms with Gasteiger partial charge in [-0.3, -0.25) is 4.79 Å². The maximum Gasteiger partial charge on any atom is 0.513 e. The van der Waals surface area contributed by atoms with E-state index >= 15 is 0 Å². The molecule has 0 bridgehead atoms. The van der Waals surface area contributed by atoms with Crippen molar-refractivity contribution < 1.29 is 27.5 Å². The first-order valence-electron chi connectivity index (χ1n) is 8.09. The first kappa shape index (κ1) is 19.2. The molecule has 1 heterocycles. The van der Waals surface area contributed by atoms with E-state index in [2.05, 4.69) is 4.74 Å². The molecule has 138 valence electrons. The van der Waals surface area contributed by atoms with Crippen molar-refractivity contribution >= 4 is 22.1 Å². The van der Waals surface area contributed by atoms with Crippen LogP contribution in [-0.4, -0.2) is 68.2 Å².